The molecular weight excluding hydrogens is 450 g/mol. The van der Waals surface area contributed by atoms with E-state index >= 15 is 0 Å². The van der Waals surface area contributed by atoms with Crippen molar-refractivity contribution in [3.8, 4) is 11.5 Å². The van der Waals surface area contributed by atoms with Crippen molar-refractivity contribution < 1.29 is 19.1 Å². The van der Waals surface area contributed by atoms with Gasteiger partial charge in [0.1, 0.15) is 0 Å². The van der Waals surface area contributed by atoms with Crippen LogP contribution in [0.2, 0.25) is 5.02 Å². The molecule has 1 aliphatic heterocycles. The number of rotatable bonds is 7. The number of methoxy groups -OCH3 is 1. The van der Waals surface area contributed by atoms with Crippen molar-refractivity contribution in [2.75, 3.05) is 12.0 Å². The standard InChI is InChI=1S/C28H28ClNO4/c1-5-17(2)34-26-16-24-21(14-25(26)33-4)15-27(32)30(23-12-8-19(9-13-23)18(3)31)28(24)20-6-10-22(29)11-7-20/h6-14,16-17,28H,5,15H2,1-4H3/t17-,28?/m1/s1. The molecule has 0 N–H and O–H groups in total. The van der Waals surface area contributed by atoms with Gasteiger partial charge in [-0.2, -0.15) is 0 Å². The Morgan fingerprint density at radius 3 is 2.35 bits per heavy atom. The summed E-state index contributed by atoms with van der Waals surface area (Å²) in [6.45, 7) is 5.61. The molecule has 0 saturated heterocycles. The Morgan fingerprint density at radius 2 is 1.76 bits per heavy atom. The van der Waals surface area contributed by atoms with E-state index in [2.05, 4.69) is 6.92 Å². The SMILES string of the molecule is CC[C@@H](C)Oc1cc2c(cc1OC)CC(=O)N(c1ccc(C(C)=O)cc1)C2c1ccc(Cl)cc1. The highest BCUT2D eigenvalue weighted by atomic mass is 35.5. The summed E-state index contributed by atoms with van der Waals surface area (Å²) in [7, 11) is 1.61. The van der Waals surface area contributed by atoms with Crippen molar-refractivity contribution >= 4 is 29.0 Å². The van der Waals surface area contributed by atoms with Gasteiger partial charge >= 0.3 is 0 Å². The van der Waals surface area contributed by atoms with Crippen LogP contribution in [0.1, 0.15) is 60.3 Å². The first kappa shape index (κ1) is 23.8. The van der Waals surface area contributed by atoms with E-state index in [9.17, 15) is 9.59 Å². The van der Waals surface area contributed by atoms with E-state index in [0.29, 0.717) is 22.1 Å². The third-order valence-corrected chi connectivity index (χ3v) is 6.48. The number of anilines is 1. The van der Waals surface area contributed by atoms with Crippen LogP contribution >= 0.6 is 11.6 Å². The van der Waals surface area contributed by atoms with E-state index < -0.39 is 0 Å². The molecule has 0 spiro atoms. The number of fused-ring (bicyclic) bond motifs is 1. The summed E-state index contributed by atoms with van der Waals surface area (Å²) in [4.78, 5) is 27.1. The van der Waals surface area contributed by atoms with Gasteiger partial charge in [0.2, 0.25) is 5.91 Å². The molecule has 0 radical (unpaired) electrons. The van der Waals surface area contributed by atoms with Crippen molar-refractivity contribution in [3.05, 3.63) is 87.9 Å². The zero-order valence-electron chi connectivity index (χ0n) is 19.8. The average Bonchev–Trinajstić information content (AvgIpc) is 2.83. The number of Topliss-reactive ketones (excluding diaryl/α,β-unsaturated/α-hetero) is 1. The van der Waals surface area contributed by atoms with Crippen molar-refractivity contribution in [3.63, 3.8) is 0 Å². The monoisotopic (exact) mass is 477 g/mol. The number of hydrogen-bond acceptors (Lipinski definition) is 4. The minimum atomic E-state index is -0.387. The zero-order chi connectivity index (χ0) is 24.4. The van der Waals surface area contributed by atoms with Crippen molar-refractivity contribution in [2.45, 2.75) is 45.8 Å². The van der Waals surface area contributed by atoms with Crippen LogP contribution in [0.15, 0.2) is 60.7 Å². The van der Waals surface area contributed by atoms with E-state index in [0.717, 1.165) is 28.8 Å². The smallest absolute Gasteiger partial charge is 0.232 e. The van der Waals surface area contributed by atoms with Gasteiger partial charge in [0, 0.05) is 16.3 Å². The highest BCUT2D eigenvalue weighted by molar-refractivity contribution is 6.30. The summed E-state index contributed by atoms with van der Waals surface area (Å²) in [6, 6.07) is 18.2. The Balaban J connectivity index is 1.89. The second-order valence-electron chi connectivity index (χ2n) is 8.54. The van der Waals surface area contributed by atoms with Crippen LogP contribution in [0.3, 0.4) is 0 Å². The quantitative estimate of drug-likeness (QED) is 0.369. The van der Waals surface area contributed by atoms with E-state index in [-0.39, 0.29) is 30.3 Å². The zero-order valence-corrected chi connectivity index (χ0v) is 20.6. The Morgan fingerprint density at radius 1 is 1.09 bits per heavy atom. The largest absolute Gasteiger partial charge is 0.493 e. The summed E-state index contributed by atoms with van der Waals surface area (Å²) in [5, 5.41) is 0.624. The number of ketones is 1. The molecule has 6 heteroatoms. The predicted octanol–water partition coefficient (Wildman–Crippen LogP) is 6.41. The molecule has 176 valence electrons. The molecule has 3 aromatic rings. The molecule has 1 amide bonds. The molecule has 0 fully saturated rings. The topological polar surface area (TPSA) is 55.8 Å². The average molecular weight is 478 g/mol. The molecule has 5 nitrogen and oxygen atoms in total. The molecule has 0 aromatic heterocycles. The van der Waals surface area contributed by atoms with Gasteiger partial charge in [-0.25, -0.2) is 0 Å². The van der Waals surface area contributed by atoms with Gasteiger partial charge in [0.05, 0.1) is 25.7 Å². The number of benzene rings is 3. The van der Waals surface area contributed by atoms with E-state index in [1.54, 1.807) is 24.1 Å². The number of nitrogens with zero attached hydrogens (tertiary/aromatic N) is 1. The lowest BCUT2D eigenvalue weighted by Gasteiger charge is -2.38. The summed E-state index contributed by atoms with van der Waals surface area (Å²) < 4.78 is 11.8. The van der Waals surface area contributed by atoms with Crippen LogP contribution in [0.25, 0.3) is 0 Å². The number of carbonyl (C=O) groups excluding carboxylic acids is 2. The molecule has 0 aliphatic carbocycles. The van der Waals surface area contributed by atoms with Crippen LogP contribution in [0.5, 0.6) is 11.5 Å². The molecule has 1 unspecified atom stereocenters. The fraction of sp³-hybridized carbons (Fsp3) is 0.286. The molecule has 1 heterocycles. The van der Waals surface area contributed by atoms with Crippen molar-refractivity contribution in [1.82, 2.24) is 0 Å². The predicted molar refractivity (Wildman–Crippen MR) is 134 cm³/mol. The van der Waals surface area contributed by atoms with Crippen LogP contribution in [0, 0.1) is 0 Å². The first-order valence-electron chi connectivity index (χ1n) is 11.4. The normalized spacial score (nSPS) is 16.1. The van der Waals surface area contributed by atoms with Crippen molar-refractivity contribution in [2.24, 2.45) is 0 Å². The van der Waals surface area contributed by atoms with Crippen LogP contribution in [0.4, 0.5) is 5.69 Å². The second-order valence-corrected chi connectivity index (χ2v) is 8.97. The van der Waals surface area contributed by atoms with Gasteiger partial charge in [0.25, 0.3) is 0 Å². The van der Waals surface area contributed by atoms with Gasteiger partial charge in [-0.1, -0.05) is 30.7 Å². The lowest BCUT2D eigenvalue weighted by Crippen LogP contribution is -2.41. The first-order valence-corrected chi connectivity index (χ1v) is 11.8. The van der Waals surface area contributed by atoms with Gasteiger partial charge in [0.15, 0.2) is 17.3 Å². The number of carbonyl (C=O) groups is 2. The van der Waals surface area contributed by atoms with Crippen LogP contribution < -0.4 is 14.4 Å². The highest BCUT2D eigenvalue weighted by Gasteiger charge is 2.36. The maximum Gasteiger partial charge on any atom is 0.232 e. The van der Waals surface area contributed by atoms with Crippen molar-refractivity contribution in [1.29, 1.82) is 0 Å². The van der Waals surface area contributed by atoms with Gasteiger partial charge < -0.3 is 14.4 Å². The highest BCUT2D eigenvalue weighted by Crippen LogP contribution is 2.43. The fourth-order valence-electron chi connectivity index (χ4n) is 4.23. The Bertz CT molecular complexity index is 1200. The first-order chi connectivity index (χ1) is 16.3. The lowest BCUT2D eigenvalue weighted by molar-refractivity contribution is -0.118. The molecular formula is C28H28ClNO4. The fourth-order valence-corrected chi connectivity index (χ4v) is 4.36. The van der Waals surface area contributed by atoms with Crippen LogP contribution in [-0.2, 0) is 11.2 Å². The number of amides is 1. The maximum atomic E-state index is 13.5. The third kappa shape index (κ3) is 4.66. The number of ether oxygens (including phenoxy) is 2. The maximum absolute atomic E-state index is 13.5. The van der Waals surface area contributed by atoms with E-state index in [4.69, 9.17) is 21.1 Å². The minimum Gasteiger partial charge on any atom is -0.493 e. The number of hydrogen-bond donors (Lipinski definition) is 0. The summed E-state index contributed by atoms with van der Waals surface area (Å²) in [6.07, 6.45) is 1.10. The number of halogens is 1. The molecule has 0 bridgehead atoms. The molecule has 1 aliphatic rings. The molecule has 4 rings (SSSR count). The lowest BCUT2D eigenvalue weighted by atomic mass is 9.86. The van der Waals surface area contributed by atoms with E-state index in [1.807, 2.05) is 55.5 Å². The molecule has 2 atom stereocenters. The third-order valence-electron chi connectivity index (χ3n) is 6.23. The van der Waals surface area contributed by atoms with Gasteiger partial charge in [-0.3, -0.25) is 9.59 Å². The summed E-state index contributed by atoms with van der Waals surface area (Å²) >= 11 is 6.17. The molecule has 34 heavy (non-hydrogen) atoms. The van der Waals surface area contributed by atoms with E-state index in [1.165, 1.54) is 6.92 Å². The van der Waals surface area contributed by atoms with Gasteiger partial charge in [-0.15, -0.1) is 0 Å². The Labute approximate surface area is 205 Å². The Kier molecular flexibility index (Phi) is 6.94. The summed E-state index contributed by atoms with van der Waals surface area (Å²) in [5.74, 6) is 1.20. The Hall–Kier alpha value is -3.31. The van der Waals surface area contributed by atoms with Crippen LogP contribution in [-0.4, -0.2) is 24.9 Å². The summed E-state index contributed by atoms with van der Waals surface area (Å²) in [5.41, 5.74) is 4.12. The second kappa shape index (κ2) is 9.90. The molecule has 3 aromatic carbocycles. The minimum absolute atomic E-state index is 0.0152. The van der Waals surface area contributed by atoms with Gasteiger partial charge in [-0.05, 0) is 85.5 Å². The molecule has 0 saturated carbocycles.